The van der Waals surface area contributed by atoms with Gasteiger partial charge in [0.1, 0.15) is 5.60 Å². The number of hydrogen-bond acceptors (Lipinski definition) is 4. The summed E-state index contributed by atoms with van der Waals surface area (Å²) in [6.07, 6.45) is 3.82. The van der Waals surface area contributed by atoms with Crippen molar-refractivity contribution in [3.8, 4) is 0 Å². The molecule has 0 spiro atoms. The van der Waals surface area contributed by atoms with Crippen LogP contribution in [-0.2, 0) is 14.4 Å². The first-order valence-electron chi connectivity index (χ1n) is 5.93. The van der Waals surface area contributed by atoms with Gasteiger partial charge < -0.3 is 4.74 Å². The van der Waals surface area contributed by atoms with E-state index in [0.29, 0.717) is 6.42 Å². The van der Waals surface area contributed by atoms with Gasteiger partial charge in [-0.1, -0.05) is 32.6 Å². The predicted molar refractivity (Wildman–Crippen MR) is 62.1 cm³/mol. The minimum Gasteiger partial charge on any atom is -0.458 e. The van der Waals surface area contributed by atoms with Crippen LogP contribution in [0.5, 0.6) is 0 Å². The number of unbranched alkanes of at least 4 members (excludes halogenated alkanes) is 3. The minimum absolute atomic E-state index is 0.494. The summed E-state index contributed by atoms with van der Waals surface area (Å²) in [5, 5.41) is 8.65. The van der Waals surface area contributed by atoms with Gasteiger partial charge in [-0.05, 0) is 27.2 Å². The average Bonchev–Trinajstić information content (AvgIpc) is 2.15. The summed E-state index contributed by atoms with van der Waals surface area (Å²) in [6.45, 7) is 7.48. The van der Waals surface area contributed by atoms with E-state index in [1.54, 1.807) is 20.8 Å². The molecule has 4 heteroatoms. The highest BCUT2D eigenvalue weighted by Crippen LogP contribution is 2.13. The molecule has 0 heterocycles. The van der Waals surface area contributed by atoms with Crippen LogP contribution in [-0.4, -0.2) is 22.9 Å². The van der Waals surface area contributed by atoms with Crippen LogP contribution in [0, 0.1) is 0 Å². The summed E-state index contributed by atoms with van der Waals surface area (Å²) in [7, 11) is 0. The molecule has 1 atom stereocenters. The van der Waals surface area contributed by atoms with Crippen molar-refractivity contribution in [2.75, 3.05) is 0 Å². The summed E-state index contributed by atoms with van der Waals surface area (Å²) in [6, 6.07) is 0. The van der Waals surface area contributed by atoms with Gasteiger partial charge in [-0.3, -0.25) is 5.26 Å². The number of carbonyl (C=O) groups is 1. The van der Waals surface area contributed by atoms with E-state index in [4.69, 9.17) is 9.99 Å². The van der Waals surface area contributed by atoms with Crippen LogP contribution in [0.4, 0.5) is 0 Å². The van der Waals surface area contributed by atoms with Crippen molar-refractivity contribution in [3.63, 3.8) is 0 Å². The molecular formula is C12H24O4. The molecule has 4 nitrogen and oxygen atoms in total. The Bertz CT molecular complexity index is 196. The lowest BCUT2D eigenvalue weighted by molar-refractivity contribution is -0.281. The standard InChI is InChI=1S/C12H24O4/c1-5-6-7-8-9-10(16-14)11(13)15-12(2,3)4/h10,14H,5-9H2,1-4H3. The first kappa shape index (κ1) is 15.4. The van der Waals surface area contributed by atoms with Crippen molar-refractivity contribution in [2.45, 2.75) is 71.5 Å². The monoisotopic (exact) mass is 232 g/mol. The smallest absolute Gasteiger partial charge is 0.339 e. The van der Waals surface area contributed by atoms with E-state index < -0.39 is 17.7 Å². The first-order chi connectivity index (χ1) is 7.40. The number of carbonyl (C=O) groups excluding carboxylic acids is 1. The minimum atomic E-state index is -0.851. The largest absolute Gasteiger partial charge is 0.458 e. The van der Waals surface area contributed by atoms with Crippen LogP contribution in [0.1, 0.15) is 59.8 Å². The molecule has 0 aromatic rings. The highest BCUT2D eigenvalue weighted by atomic mass is 17.1. The van der Waals surface area contributed by atoms with Crippen molar-refractivity contribution < 1.29 is 19.7 Å². The molecule has 0 aliphatic carbocycles. The molecule has 1 N–H and O–H groups in total. The van der Waals surface area contributed by atoms with Gasteiger partial charge in [0.15, 0.2) is 6.10 Å². The van der Waals surface area contributed by atoms with E-state index in [9.17, 15) is 4.79 Å². The maximum atomic E-state index is 11.5. The SMILES string of the molecule is CCCCCCC(OO)C(=O)OC(C)(C)C. The summed E-state index contributed by atoms with van der Waals surface area (Å²) in [5.41, 5.74) is -0.544. The van der Waals surface area contributed by atoms with Crippen molar-refractivity contribution >= 4 is 5.97 Å². The second kappa shape index (κ2) is 7.63. The third-order valence-corrected chi connectivity index (χ3v) is 2.12. The molecule has 0 fully saturated rings. The molecule has 0 radical (unpaired) electrons. The zero-order valence-corrected chi connectivity index (χ0v) is 10.8. The average molecular weight is 232 g/mol. The van der Waals surface area contributed by atoms with E-state index in [0.717, 1.165) is 25.7 Å². The van der Waals surface area contributed by atoms with Crippen molar-refractivity contribution in [1.29, 1.82) is 0 Å². The van der Waals surface area contributed by atoms with Gasteiger partial charge in [-0.15, -0.1) is 0 Å². The fraction of sp³-hybridized carbons (Fsp3) is 0.917. The molecule has 16 heavy (non-hydrogen) atoms. The molecule has 0 aliphatic heterocycles. The lowest BCUT2D eigenvalue weighted by Crippen LogP contribution is -2.33. The molecule has 0 rings (SSSR count). The maximum absolute atomic E-state index is 11.5. The van der Waals surface area contributed by atoms with Gasteiger partial charge in [-0.2, -0.15) is 0 Å². The van der Waals surface area contributed by atoms with E-state index >= 15 is 0 Å². The third-order valence-electron chi connectivity index (χ3n) is 2.12. The Morgan fingerprint density at radius 2 is 1.88 bits per heavy atom. The van der Waals surface area contributed by atoms with Gasteiger partial charge in [0.05, 0.1) is 0 Å². The summed E-state index contributed by atoms with van der Waals surface area (Å²) < 4.78 is 5.12. The lowest BCUT2D eigenvalue weighted by atomic mass is 10.1. The second-order valence-electron chi connectivity index (χ2n) is 4.98. The highest BCUT2D eigenvalue weighted by molar-refractivity contribution is 5.74. The molecule has 0 aromatic heterocycles. The molecule has 0 saturated heterocycles. The predicted octanol–water partition coefficient (Wildman–Crippen LogP) is 3.16. The molecule has 96 valence electrons. The van der Waals surface area contributed by atoms with Crippen molar-refractivity contribution in [1.82, 2.24) is 0 Å². The Balaban J connectivity index is 3.93. The second-order valence-corrected chi connectivity index (χ2v) is 4.98. The van der Waals surface area contributed by atoms with Gasteiger partial charge in [0.2, 0.25) is 0 Å². The Labute approximate surface area is 97.9 Å². The molecule has 0 saturated carbocycles. The lowest BCUT2D eigenvalue weighted by Gasteiger charge is -2.22. The van der Waals surface area contributed by atoms with Crippen molar-refractivity contribution in [3.05, 3.63) is 0 Å². The van der Waals surface area contributed by atoms with Crippen LogP contribution in [0.25, 0.3) is 0 Å². The maximum Gasteiger partial charge on any atom is 0.339 e. The zero-order chi connectivity index (χ0) is 12.6. The number of esters is 1. The summed E-state index contributed by atoms with van der Waals surface area (Å²) in [5.74, 6) is -0.494. The van der Waals surface area contributed by atoms with E-state index in [2.05, 4.69) is 11.8 Å². The molecule has 1 unspecified atom stereocenters. The first-order valence-corrected chi connectivity index (χ1v) is 5.93. The quantitative estimate of drug-likeness (QED) is 0.317. The topological polar surface area (TPSA) is 55.8 Å². The Kier molecular flexibility index (Phi) is 7.34. The number of hydrogen-bond donors (Lipinski definition) is 1. The van der Waals surface area contributed by atoms with E-state index in [1.165, 1.54) is 0 Å². The van der Waals surface area contributed by atoms with Gasteiger partial charge in [-0.25, -0.2) is 9.68 Å². The fourth-order valence-corrected chi connectivity index (χ4v) is 1.34. The fourth-order valence-electron chi connectivity index (χ4n) is 1.34. The van der Waals surface area contributed by atoms with Gasteiger partial charge in [0.25, 0.3) is 0 Å². The molecule has 0 amide bonds. The number of ether oxygens (including phenoxy) is 1. The Morgan fingerprint density at radius 1 is 1.25 bits per heavy atom. The van der Waals surface area contributed by atoms with E-state index in [1.807, 2.05) is 0 Å². The van der Waals surface area contributed by atoms with Crippen LogP contribution in [0.15, 0.2) is 0 Å². The van der Waals surface area contributed by atoms with E-state index in [-0.39, 0.29) is 0 Å². The van der Waals surface area contributed by atoms with Crippen LogP contribution >= 0.6 is 0 Å². The highest BCUT2D eigenvalue weighted by Gasteiger charge is 2.25. The molecular weight excluding hydrogens is 208 g/mol. The van der Waals surface area contributed by atoms with Gasteiger partial charge >= 0.3 is 5.97 Å². The van der Waals surface area contributed by atoms with Crippen LogP contribution in [0.2, 0.25) is 0 Å². The molecule has 0 bridgehead atoms. The normalized spacial score (nSPS) is 13.6. The van der Waals surface area contributed by atoms with Crippen molar-refractivity contribution in [2.24, 2.45) is 0 Å². The Morgan fingerprint density at radius 3 is 2.31 bits per heavy atom. The van der Waals surface area contributed by atoms with Crippen LogP contribution < -0.4 is 0 Å². The number of rotatable bonds is 7. The third kappa shape index (κ3) is 7.65. The van der Waals surface area contributed by atoms with Gasteiger partial charge in [0, 0.05) is 0 Å². The zero-order valence-electron chi connectivity index (χ0n) is 10.8. The molecule has 0 aromatic carbocycles. The summed E-state index contributed by atoms with van der Waals surface area (Å²) in [4.78, 5) is 15.7. The molecule has 0 aliphatic rings. The Hall–Kier alpha value is -0.610. The summed E-state index contributed by atoms with van der Waals surface area (Å²) >= 11 is 0. The van der Waals surface area contributed by atoms with Crippen LogP contribution in [0.3, 0.4) is 0 Å².